The van der Waals surface area contributed by atoms with Crippen LogP contribution in [0.15, 0.2) is 125 Å². The van der Waals surface area contributed by atoms with Crippen LogP contribution in [0.4, 0.5) is 11.6 Å². The van der Waals surface area contributed by atoms with Gasteiger partial charge in [0.15, 0.2) is 11.3 Å². The van der Waals surface area contributed by atoms with Gasteiger partial charge >= 0.3 is 0 Å². The van der Waals surface area contributed by atoms with Gasteiger partial charge in [0.05, 0.1) is 32.1 Å². The zero-order valence-electron chi connectivity index (χ0n) is 38.8. The van der Waals surface area contributed by atoms with Crippen LogP contribution in [0.5, 0.6) is 0 Å². The first-order chi connectivity index (χ1) is 32.5. The first-order valence-electron chi connectivity index (χ1n) is 22.7. The van der Waals surface area contributed by atoms with Crippen molar-refractivity contribution in [1.29, 1.82) is 0 Å². The van der Waals surface area contributed by atoms with Gasteiger partial charge in [-0.1, -0.05) is 75.7 Å². The Bertz CT molecular complexity index is 3200. The average Bonchev–Trinajstić information content (AvgIpc) is 4.00. The molecule has 0 atom stereocenters. The van der Waals surface area contributed by atoms with Gasteiger partial charge in [-0.15, -0.1) is 0 Å². The largest absolute Gasteiger partial charge is 0.356 e. The third kappa shape index (κ3) is 10.5. The summed E-state index contributed by atoms with van der Waals surface area (Å²) in [6.07, 6.45) is 14.0. The van der Waals surface area contributed by atoms with Gasteiger partial charge in [-0.25, -0.2) is 44.7 Å². The van der Waals surface area contributed by atoms with E-state index in [1.807, 2.05) is 33.9 Å². The highest BCUT2D eigenvalue weighted by Crippen LogP contribution is 2.35. The van der Waals surface area contributed by atoms with E-state index in [-0.39, 0.29) is 33.3 Å². The van der Waals surface area contributed by atoms with E-state index in [4.69, 9.17) is 4.18 Å². The van der Waals surface area contributed by atoms with Crippen molar-refractivity contribution >= 4 is 86.5 Å². The van der Waals surface area contributed by atoms with E-state index in [1.54, 1.807) is 85.1 Å². The van der Waals surface area contributed by atoms with Crippen molar-refractivity contribution in [2.75, 3.05) is 34.9 Å². The first-order valence-corrected chi connectivity index (χ1v) is 28.6. The molecule has 360 valence electrons. The zero-order chi connectivity index (χ0) is 48.4. The number of aromatic nitrogens is 6. The normalized spacial score (nSPS) is 19.1. The molecule has 4 aromatic heterocycles. The molecule has 0 radical (unpaired) electrons. The topological polar surface area (TPSA) is 180 Å². The number of rotatable bonds is 13. The van der Waals surface area contributed by atoms with Crippen molar-refractivity contribution < 1.29 is 29.4 Å². The maximum absolute atomic E-state index is 13.3. The molecular weight excluding hydrogens is 1040 g/mol. The summed E-state index contributed by atoms with van der Waals surface area (Å²) in [5.74, 6) is 2.41. The first kappa shape index (κ1) is 49.5. The number of halogens is 1. The molecule has 68 heavy (non-hydrogen) atoms. The van der Waals surface area contributed by atoms with E-state index in [0.717, 1.165) is 72.3 Å². The van der Waals surface area contributed by atoms with Crippen molar-refractivity contribution in [2.24, 2.45) is 11.8 Å². The highest BCUT2D eigenvalue weighted by atomic mass is 127. The van der Waals surface area contributed by atoms with Gasteiger partial charge in [0.1, 0.15) is 24.3 Å². The molecule has 0 aliphatic heterocycles. The minimum atomic E-state index is -3.81. The molecule has 0 amide bonds. The summed E-state index contributed by atoms with van der Waals surface area (Å²) >= 11 is 2.48. The number of fused-ring (bicyclic) bond motifs is 2. The van der Waals surface area contributed by atoms with Crippen molar-refractivity contribution in [3.05, 3.63) is 127 Å². The van der Waals surface area contributed by atoms with Gasteiger partial charge in [-0.2, -0.15) is 8.42 Å². The summed E-state index contributed by atoms with van der Waals surface area (Å²) in [6, 6.07) is 24.4. The predicted octanol–water partition coefficient (Wildman–Crippen LogP) is 9.09. The maximum Gasteiger partial charge on any atom is 0.296 e. The number of alkyl halides is 1. The monoisotopic (exact) mass is 1090 g/mol. The third-order valence-electron chi connectivity index (χ3n) is 13.4. The Morgan fingerprint density at radius 2 is 0.897 bits per heavy atom. The molecule has 15 nitrogen and oxygen atoms in total. The molecule has 0 unspecified atom stereocenters. The molecule has 2 aliphatic rings. The van der Waals surface area contributed by atoms with Gasteiger partial charge in [0, 0.05) is 43.0 Å². The molecule has 0 bridgehead atoms. The summed E-state index contributed by atoms with van der Waals surface area (Å²) < 4.78 is 87.1. The van der Waals surface area contributed by atoms with E-state index in [2.05, 4.69) is 59.4 Å². The van der Waals surface area contributed by atoms with Crippen molar-refractivity contribution in [3.8, 4) is 0 Å². The van der Waals surface area contributed by atoms with Crippen LogP contribution < -0.4 is 9.80 Å². The summed E-state index contributed by atoms with van der Waals surface area (Å²) in [6.45, 7) is 5.90. The number of nitrogens with zero attached hydrogens (tertiary/aromatic N) is 8. The lowest BCUT2D eigenvalue weighted by Crippen LogP contribution is -2.36. The van der Waals surface area contributed by atoms with Crippen molar-refractivity contribution in [2.45, 2.75) is 98.9 Å². The Morgan fingerprint density at radius 1 is 0.529 bits per heavy atom. The minimum Gasteiger partial charge on any atom is -0.356 e. The minimum absolute atomic E-state index is 0.140. The second-order valence-corrected chi connectivity index (χ2v) is 24.1. The molecule has 19 heteroatoms. The average molecular weight is 1090 g/mol. The quantitative estimate of drug-likeness (QED) is 0.0607. The zero-order valence-corrected chi connectivity index (χ0v) is 43.4. The third-order valence-corrected chi connectivity index (χ3v) is 19.3. The van der Waals surface area contributed by atoms with Gasteiger partial charge < -0.3 is 9.80 Å². The molecule has 4 heterocycles. The van der Waals surface area contributed by atoms with Crippen molar-refractivity contribution in [1.82, 2.24) is 27.9 Å². The molecule has 7 aromatic rings. The molecule has 0 saturated heterocycles. The van der Waals surface area contributed by atoms with E-state index in [9.17, 15) is 25.3 Å². The highest BCUT2D eigenvalue weighted by molar-refractivity contribution is 14.1. The second kappa shape index (κ2) is 20.6. The van der Waals surface area contributed by atoms with Gasteiger partial charge in [-0.05, 0) is 133 Å². The fraction of sp³-hybridized carbons (Fsp3) is 0.388. The summed E-state index contributed by atoms with van der Waals surface area (Å²) in [4.78, 5) is 22.5. The smallest absolute Gasteiger partial charge is 0.296 e. The molecule has 2 saturated carbocycles. The van der Waals surface area contributed by atoms with E-state index >= 15 is 0 Å². The molecule has 0 spiro atoms. The Labute approximate surface area is 413 Å². The molecule has 3 aromatic carbocycles. The van der Waals surface area contributed by atoms with Gasteiger partial charge in [0.2, 0.25) is 0 Å². The Morgan fingerprint density at radius 3 is 1.28 bits per heavy atom. The fourth-order valence-corrected chi connectivity index (χ4v) is 13.6. The lowest BCUT2D eigenvalue weighted by Gasteiger charge is -2.35. The molecule has 0 N–H and O–H groups in total. The number of hydrogen-bond acceptors (Lipinski definition) is 13. The van der Waals surface area contributed by atoms with Gasteiger partial charge in [0.25, 0.3) is 30.2 Å². The Kier molecular flexibility index (Phi) is 15.0. The number of anilines is 2. The van der Waals surface area contributed by atoms with E-state index in [0.29, 0.717) is 28.5 Å². The predicted molar refractivity (Wildman–Crippen MR) is 274 cm³/mol. The molecule has 2 fully saturated rings. The second-order valence-electron chi connectivity index (χ2n) is 18.0. The number of benzene rings is 3. The van der Waals surface area contributed by atoms with Crippen LogP contribution in [0.1, 0.15) is 68.1 Å². The Hall–Kier alpha value is -4.96. The summed E-state index contributed by atoms with van der Waals surface area (Å²) in [5, 5.41) is 1.42. The van der Waals surface area contributed by atoms with Crippen molar-refractivity contribution in [3.63, 3.8) is 0 Å². The van der Waals surface area contributed by atoms with Crippen LogP contribution >= 0.6 is 22.6 Å². The SMILES string of the molecule is Cc1ccc(S(=O)(=O)OCC2CCC(N(C)c3ncnc4c3ccn4S(=O)(=O)c3ccc(C)cc3)CC2)cc1.Cc1ccc(S(=O)(=O)n2ccc3c(N(C)C4CCC(CI)CC4)ncnc32)cc1. The van der Waals surface area contributed by atoms with Crippen LogP contribution in [0.25, 0.3) is 22.1 Å². The van der Waals surface area contributed by atoms with Crippen LogP contribution in [-0.4, -0.2) is 90.3 Å². The molecule has 2 aliphatic carbocycles. The van der Waals surface area contributed by atoms with E-state index < -0.39 is 30.2 Å². The summed E-state index contributed by atoms with van der Waals surface area (Å²) in [7, 11) is -7.29. The van der Waals surface area contributed by atoms with Crippen LogP contribution in [0.3, 0.4) is 0 Å². The maximum atomic E-state index is 13.3. The van der Waals surface area contributed by atoms with Crippen LogP contribution in [0, 0.1) is 32.6 Å². The lowest BCUT2D eigenvalue weighted by atomic mass is 9.86. The van der Waals surface area contributed by atoms with Crippen LogP contribution in [-0.2, 0) is 34.3 Å². The molecule has 9 rings (SSSR count). The standard InChI is InChI=1S/C28H32N4O5S2.C21H25IN4O2S/c1-20-4-12-24(13-5-20)38(33,34)32-17-16-26-27(29-19-30-28(26)32)31(3)23-10-8-22(9-11-23)18-37-39(35,36)25-14-6-21(2)7-15-25;1-15-3-9-18(10-4-15)29(27,28)26-12-11-19-20(23-14-24-21(19)26)25(2)17-7-5-16(13-22)6-8-17/h4-7,12-17,19,22-23H,8-11,18H2,1-3H3;3-4,9-12,14,16-17H,5-8,13H2,1-2H3. The van der Waals surface area contributed by atoms with Gasteiger partial charge in [-0.3, -0.25) is 4.18 Å². The Balaban J connectivity index is 0.000000192. The summed E-state index contributed by atoms with van der Waals surface area (Å²) in [5.41, 5.74) is 3.73. The number of aryl methyl sites for hydroxylation is 3. The molecular formula is C49H57IN8O7S3. The van der Waals surface area contributed by atoms with E-state index in [1.165, 1.54) is 44.1 Å². The van der Waals surface area contributed by atoms with Crippen LogP contribution in [0.2, 0.25) is 0 Å². The number of hydrogen-bond donors (Lipinski definition) is 0. The fourth-order valence-electron chi connectivity index (χ4n) is 9.12. The highest BCUT2D eigenvalue weighted by Gasteiger charge is 2.30. The lowest BCUT2D eigenvalue weighted by molar-refractivity contribution is 0.204.